The summed E-state index contributed by atoms with van der Waals surface area (Å²) >= 11 is 0. The molecule has 15 heavy (non-hydrogen) atoms. The smallest absolute Gasteiger partial charge is 0.0515 e. The van der Waals surface area contributed by atoms with Crippen LogP contribution in [0.5, 0.6) is 0 Å². The van der Waals surface area contributed by atoms with E-state index in [0.29, 0.717) is 17.9 Å². The maximum atomic E-state index is 5.60. The molecule has 3 atom stereocenters. The van der Waals surface area contributed by atoms with Crippen LogP contribution in [0.15, 0.2) is 30.3 Å². The van der Waals surface area contributed by atoms with Crippen molar-refractivity contribution in [3.63, 3.8) is 0 Å². The number of ether oxygens (including phenoxy) is 1. The zero-order chi connectivity index (χ0) is 10.1. The summed E-state index contributed by atoms with van der Waals surface area (Å²) in [6.07, 6.45) is 1.17. The Morgan fingerprint density at radius 1 is 1.20 bits per heavy atom. The minimum atomic E-state index is 0.650. The van der Waals surface area contributed by atoms with Crippen molar-refractivity contribution in [1.82, 2.24) is 5.32 Å². The first kappa shape index (κ1) is 9.37. The molecule has 0 amide bonds. The van der Waals surface area contributed by atoms with E-state index in [-0.39, 0.29) is 0 Å². The SMILES string of the molecule is c1ccc([C@@H]2CN[C@@H]3CCOC[C@@H]32)cc1. The van der Waals surface area contributed by atoms with Gasteiger partial charge >= 0.3 is 0 Å². The highest BCUT2D eigenvalue weighted by Gasteiger charge is 2.38. The van der Waals surface area contributed by atoms with Crippen LogP contribution in [0, 0.1) is 5.92 Å². The van der Waals surface area contributed by atoms with Gasteiger partial charge in [0.2, 0.25) is 0 Å². The van der Waals surface area contributed by atoms with Gasteiger partial charge in [-0.15, -0.1) is 0 Å². The minimum absolute atomic E-state index is 0.650. The molecule has 0 saturated carbocycles. The average Bonchev–Trinajstić information content (AvgIpc) is 2.74. The highest BCUT2D eigenvalue weighted by molar-refractivity contribution is 5.23. The van der Waals surface area contributed by atoms with Crippen LogP contribution in [0.3, 0.4) is 0 Å². The van der Waals surface area contributed by atoms with E-state index in [9.17, 15) is 0 Å². The highest BCUT2D eigenvalue weighted by atomic mass is 16.5. The van der Waals surface area contributed by atoms with Gasteiger partial charge in [0.05, 0.1) is 6.61 Å². The first-order valence-corrected chi connectivity index (χ1v) is 5.81. The van der Waals surface area contributed by atoms with Crippen LogP contribution in [0.1, 0.15) is 17.9 Å². The van der Waals surface area contributed by atoms with Gasteiger partial charge in [-0.1, -0.05) is 30.3 Å². The second-order valence-electron chi connectivity index (χ2n) is 4.56. The summed E-state index contributed by atoms with van der Waals surface area (Å²) in [5.41, 5.74) is 1.46. The van der Waals surface area contributed by atoms with Gasteiger partial charge < -0.3 is 10.1 Å². The van der Waals surface area contributed by atoms with Crippen LogP contribution in [-0.2, 0) is 4.74 Å². The molecule has 80 valence electrons. The third kappa shape index (κ3) is 1.68. The van der Waals surface area contributed by atoms with Gasteiger partial charge in [-0.3, -0.25) is 0 Å². The van der Waals surface area contributed by atoms with Crippen LogP contribution in [0.25, 0.3) is 0 Å². The maximum Gasteiger partial charge on any atom is 0.0515 e. The highest BCUT2D eigenvalue weighted by Crippen LogP contribution is 2.35. The topological polar surface area (TPSA) is 21.3 Å². The molecule has 2 fully saturated rings. The Hall–Kier alpha value is -0.860. The number of rotatable bonds is 1. The molecule has 2 aliphatic heterocycles. The largest absolute Gasteiger partial charge is 0.381 e. The first-order valence-electron chi connectivity index (χ1n) is 5.81. The quantitative estimate of drug-likeness (QED) is 0.751. The van der Waals surface area contributed by atoms with E-state index in [4.69, 9.17) is 4.74 Å². The molecule has 2 aliphatic rings. The summed E-state index contributed by atoms with van der Waals surface area (Å²) in [5.74, 6) is 1.33. The second kappa shape index (κ2) is 3.95. The molecule has 0 spiro atoms. The first-order chi connectivity index (χ1) is 7.45. The number of hydrogen-bond acceptors (Lipinski definition) is 2. The van der Waals surface area contributed by atoms with Gasteiger partial charge in [0, 0.05) is 31.0 Å². The molecule has 0 aliphatic carbocycles. The van der Waals surface area contributed by atoms with E-state index in [1.807, 2.05) is 0 Å². The normalized spacial score (nSPS) is 35.1. The third-order valence-corrected chi connectivity index (χ3v) is 3.74. The molecule has 2 heteroatoms. The van der Waals surface area contributed by atoms with E-state index in [2.05, 4.69) is 35.6 Å². The molecule has 0 unspecified atom stereocenters. The van der Waals surface area contributed by atoms with Crippen molar-refractivity contribution in [2.45, 2.75) is 18.4 Å². The molecule has 2 nitrogen and oxygen atoms in total. The summed E-state index contributed by atoms with van der Waals surface area (Å²) in [6.45, 7) is 2.97. The van der Waals surface area contributed by atoms with Gasteiger partial charge in [-0.2, -0.15) is 0 Å². The molecule has 0 bridgehead atoms. The number of benzene rings is 1. The maximum absolute atomic E-state index is 5.60. The summed E-state index contributed by atoms with van der Waals surface area (Å²) in [5, 5.41) is 3.63. The van der Waals surface area contributed by atoms with Crippen molar-refractivity contribution < 1.29 is 4.74 Å². The van der Waals surface area contributed by atoms with Crippen LogP contribution in [0.2, 0.25) is 0 Å². The average molecular weight is 203 g/mol. The fourth-order valence-corrected chi connectivity index (χ4v) is 2.90. The standard InChI is InChI=1S/C13H17NO/c1-2-4-10(5-3-1)11-8-14-13-6-7-15-9-12(11)13/h1-5,11-14H,6-9H2/t11-,12+,13+/m0/s1. The Bertz CT molecular complexity index is 325. The van der Waals surface area contributed by atoms with E-state index in [1.54, 1.807) is 0 Å². The van der Waals surface area contributed by atoms with Gasteiger partial charge in [-0.25, -0.2) is 0 Å². The molecular formula is C13H17NO. The van der Waals surface area contributed by atoms with E-state index in [0.717, 1.165) is 19.8 Å². The van der Waals surface area contributed by atoms with Gasteiger partial charge in [-0.05, 0) is 12.0 Å². The van der Waals surface area contributed by atoms with Crippen molar-refractivity contribution in [3.05, 3.63) is 35.9 Å². The molecule has 3 rings (SSSR count). The Balaban J connectivity index is 1.82. The van der Waals surface area contributed by atoms with E-state index >= 15 is 0 Å². The summed E-state index contributed by atoms with van der Waals surface area (Å²) in [7, 11) is 0. The Morgan fingerprint density at radius 2 is 2.07 bits per heavy atom. The second-order valence-corrected chi connectivity index (χ2v) is 4.56. The van der Waals surface area contributed by atoms with Crippen LogP contribution in [0.4, 0.5) is 0 Å². The lowest BCUT2D eigenvalue weighted by molar-refractivity contribution is 0.0427. The fraction of sp³-hybridized carbons (Fsp3) is 0.538. The number of fused-ring (bicyclic) bond motifs is 1. The van der Waals surface area contributed by atoms with Crippen LogP contribution >= 0.6 is 0 Å². The summed E-state index contributed by atoms with van der Waals surface area (Å²) < 4.78 is 5.60. The third-order valence-electron chi connectivity index (χ3n) is 3.74. The van der Waals surface area contributed by atoms with Crippen molar-refractivity contribution in [1.29, 1.82) is 0 Å². The van der Waals surface area contributed by atoms with Crippen molar-refractivity contribution in [2.75, 3.05) is 19.8 Å². The molecule has 1 N–H and O–H groups in total. The van der Waals surface area contributed by atoms with E-state index < -0.39 is 0 Å². The summed E-state index contributed by atoms with van der Waals surface area (Å²) in [4.78, 5) is 0. The monoisotopic (exact) mass is 203 g/mol. The van der Waals surface area contributed by atoms with E-state index in [1.165, 1.54) is 12.0 Å². The zero-order valence-electron chi connectivity index (χ0n) is 8.86. The summed E-state index contributed by atoms with van der Waals surface area (Å²) in [6, 6.07) is 11.5. The van der Waals surface area contributed by atoms with Gasteiger partial charge in [0.25, 0.3) is 0 Å². The molecular weight excluding hydrogens is 186 g/mol. The predicted octanol–water partition coefficient (Wildman–Crippen LogP) is 1.78. The molecule has 1 aromatic rings. The Kier molecular flexibility index (Phi) is 2.47. The Morgan fingerprint density at radius 3 is 2.93 bits per heavy atom. The Labute approximate surface area is 90.6 Å². The molecule has 2 heterocycles. The lowest BCUT2D eigenvalue weighted by Gasteiger charge is -2.28. The fourth-order valence-electron chi connectivity index (χ4n) is 2.90. The zero-order valence-corrected chi connectivity index (χ0v) is 8.86. The number of hydrogen-bond donors (Lipinski definition) is 1. The lowest BCUT2D eigenvalue weighted by atomic mass is 9.84. The molecule has 1 aromatic carbocycles. The van der Waals surface area contributed by atoms with Crippen LogP contribution < -0.4 is 5.32 Å². The van der Waals surface area contributed by atoms with Gasteiger partial charge in [0.15, 0.2) is 0 Å². The molecule has 2 saturated heterocycles. The van der Waals surface area contributed by atoms with Crippen LogP contribution in [-0.4, -0.2) is 25.8 Å². The van der Waals surface area contributed by atoms with Crippen molar-refractivity contribution in [2.24, 2.45) is 5.92 Å². The predicted molar refractivity (Wildman–Crippen MR) is 59.9 cm³/mol. The lowest BCUT2D eigenvalue weighted by Crippen LogP contribution is -2.35. The minimum Gasteiger partial charge on any atom is -0.381 e. The molecule has 0 aromatic heterocycles. The van der Waals surface area contributed by atoms with Gasteiger partial charge in [0.1, 0.15) is 0 Å². The van der Waals surface area contributed by atoms with Crippen molar-refractivity contribution in [3.8, 4) is 0 Å². The molecule has 0 radical (unpaired) electrons. The van der Waals surface area contributed by atoms with Crippen molar-refractivity contribution >= 4 is 0 Å². The number of nitrogens with one attached hydrogen (secondary N) is 1.